The molecule has 2 aromatic carbocycles. The van der Waals surface area contributed by atoms with Crippen LogP contribution < -0.4 is 9.05 Å². The number of hydrogen-bond acceptors (Lipinski definition) is 4. The average molecular weight is 292 g/mol. The third-order valence-electron chi connectivity index (χ3n) is 2.12. The molecule has 0 atom stereocenters. The van der Waals surface area contributed by atoms with E-state index in [2.05, 4.69) is 6.58 Å². The van der Waals surface area contributed by atoms with Gasteiger partial charge in [-0.2, -0.15) is 0 Å². The zero-order valence-corrected chi connectivity index (χ0v) is 11.8. The fraction of sp³-hybridized carbons (Fsp3) is 0. The summed E-state index contributed by atoms with van der Waals surface area (Å²) in [6, 6.07) is 18.4. The van der Waals surface area contributed by atoms with Crippen molar-refractivity contribution in [2.24, 2.45) is 0 Å². The Morgan fingerprint density at radius 2 is 1.26 bits per heavy atom. The minimum Gasteiger partial charge on any atom is -0.416 e. The molecule has 0 fully saturated rings. The molecule has 0 aliphatic carbocycles. The van der Waals surface area contributed by atoms with Crippen molar-refractivity contribution in [3.8, 4) is 11.5 Å². The van der Waals surface area contributed by atoms with E-state index >= 15 is 0 Å². The first-order valence-electron chi connectivity index (χ1n) is 5.60. The van der Waals surface area contributed by atoms with Crippen LogP contribution in [0.15, 0.2) is 73.5 Å². The van der Waals surface area contributed by atoms with Gasteiger partial charge in [0.15, 0.2) is 0 Å². The summed E-state index contributed by atoms with van der Waals surface area (Å²) in [5, 5.41) is 0. The van der Waals surface area contributed by atoms with Crippen LogP contribution in [0.5, 0.6) is 11.5 Å². The Labute approximate surface area is 117 Å². The molecule has 98 valence electrons. The molecular weight excluding hydrogens is 279 g/mol. The smallest absolute Gasteiger partial charge is 0.416 e. The molecule has 0 saturated heterocycles. The zero-order valence-electron chi connectivity index (χ0n) is 10.1. The third kappa shape index (κ3) is 4.12. The Hall–Kier alpha value is -1.77. The summed E-state index contributed by atoms with van der Waals surface area (Å²) in [5.41, 5.74) is 0. The predicted molar refractivity (Wildman–Crippen MR) is 79.7 cm³/mol. The van der Waals surface area contributed by atoms with Crippen LogP contribution in [-0.4, -0.2) is 0 Å². The topological polar surface area (TPSA) is 27.7 Å². The van der Waals surface area contributed by atoms with Crippen molar-refractivity contribution in [2.75, 3.05) is 0 Å². The molecule has 0 unspecified atom stereocenters. The second-order valence-corrected chi connectivity index (χ2v) is 6.34. The molecule has 2 aromatic rings. The SMILES string of the molecule is C=COP(=S)(Oc1ccccc1)Oc1ccccc1. The van der Waals surface area contributed by atoms with Crippen LogP contribution in [0.4, 0.5) is 0 Å². The molecule has 0 N–H and O–H groups in total. The molecule has 0 aliphatic heterocycles. The lowest BCUT2D eigenvalue weighted by Crippen LogP contribution is -2.01. The highest BCUT2D eigenvalue weighted by molar-refractivity contribution is 8.08. The molecule has 0 amide bonds. The molecule has 3 nitrogen and oxygen atoms in total. The molecule has 5 heteroatoms. The molecular formula is C14H13O3PS. The molecule has 19 heavy (non-hydrogen) atoms. The van der Waals surface area contributed by atoms with Gasteiger partial charge in [0.2, 0.25) is 0 Å². The van der Waals surface area contributed by atoms with Crippen LogP contribution in [0.2, 0.25) is 0 Å². The van der Waals surface area contributed by atoms with Gasteiger partial charge in [-0.3, -0.25) is 0 Å². The first-order valence-corrected chi connectivity index (χ1v) is 8.16. The largest absolute Gasteiger partial charge is 0.489 e. The number of para-hydroxylation sites is 2. The van der Waals surface area contributed by atoms with Crippen molar-refractivity contribution in [3.05, 3.63) is 73.5 Å². The van der Waals surface area contributed by atoms with E-state index in [0.29, 0.717) is 11.5 Å². The molecule has 0 spiro atoms. The summed E-state index contributed by atoms with van der Waals surface area (Å²) < 4.78 is 16.6. The minimum absolute atomic E-state index is 0.601. The Balaban J connectivity index is 2.18. The minimum atomic E-state index is -2.95. The van der Waals surface area contributed by atoms with E-state index < -0.39 is 6.72 Å². The van der Waals surface area contributed by atoms with E-state index in [1.54, 1.807) is 24.3 Å². The van der Waals surface area contributed by atoms with Gasteiger partial charge in [0.1, 0.15) is 11.5 Å². The maximum absolute atomic E-state index is 5.66. The van der Waals surface area contributed by atoms with Gasteiger partial charge < -0.3 is 13.6 Å². The van der Waals surface area contributed by atoms with Gasteiger partial charge >= 0.3 is 6.72 Å². The highest BCUT2D eigenvalue weighted by Crippen LogP contribution is 2.49. The van der Waals surface area contributed by atoms with E-state index in [-0.39, 0.29) is 0 Å². The van der Waals surface area contributed by atoms with Gasteiger partial charge in [-0.05, 0) is 24.3 Å². The maximum Gasteiger partial charge on any atom is 0.489 e. The molecule has 0 heterocycles. The predicted octanol–water partition coefficient (Wildman–Crippen LogP) is 4.53. The third-order valence-corrected chi connectivity index (χ3v) is 4.11. The first kappa shape index (κ1) is 13.7. The summed E-state index contributed by atoms with van der Waals surface area (Å²) in [6.45, 7) is 0.560. The van der Waals surface area contributed by atoms with E-state index in [0.717, 1.165) is 0 Å². The Morgan fingerprint density at radius 1 is 0.842 bits per heavy atom. The van der Waals surface area contributed by atoms with Gasteiger partial charge in [-0.1, -0.05) is 43.0 Å². The zero-order chi connectivity index (χ0) is 13.6. The highest BCUT2D eigenvalue weighted by atomic mass is 32.5. The number of rotatable bonds is 6. The van der Waals surface area contributed by atoms with Crippen LogP contribution >= 0.6 is 6.72 Å². The fourth-order valence-corrected chi connectivity index (χ4v) is 3.14. The van der Waals surface area contributed by atoms with Crippen molar-refractivity contribution in [1.29, 1.82) is 0 Å². The second kappa shape index (κ2) is 6.41. The van der Waals surface area contributed by atoms with Crippen molar-refractivity contribution in [1.82, 2.24) is 0 Å². The van der Waals surface area contributed by atoms with Gasteiger partial charge in [0, 0.05) is 11.8 Å². The summed E-state index contributed by atoms with van der Waals surface area (Å²) in [4.78, 5) is 0. The van der Waals surface area contributed by atoms with Crippen LogP contribution in [0.3, 0.4) is 0 Å². The van der Waals surface area contributed by atoms with Crippen molar-refractivity contribution < 1.29 is 13.6 Å². The first-order chi connectivity index (χ1) is 9.22. The van der Waals surface area contributed by atoms with E-state index in [4.69, 9.17) is 25.4 Å². The van der Waals surface area contributed by atoms with Gasteiger partial charge in [-0.15, -0.1) is 0 Å². The van der Waals surface area contributed by atoms with Crippen LogP contribution in [0.25, 0.3) is 0 Å². The summed E-state index contributed by atoms with van der Waals surface area (Å²) >= 11 is 5.34. The number of hydrogen-bond donors (Lipinski definition) is 0. The maximum atomic E-state index is 5.66. The van der Waals surface area contributed by atoms with Crippen LogP contribution in [0.1, 0.15) is 0 Å². The quantitative estimate of drug-likeness (QED) is 0.577. The fourth-order valence-electron chi connectivity index (χ4n) is 1.37. The monoisotopic (exact) mass is 292 g/mol. The van der Waals surface area contributed by atoms with Gasteiger partial charge in [-0.25, -0.2) is 0 Å². The molecule has 0 radical (unpaired) electrons. The molecule has 2 rings (SSSR count). The van der Waals surface area contributed by atoms with E-state index in [1.807, 2.05) is 36.4 Å². The molecule has 0 aliphatic rings. The summed E-state index contributed by atoms with van der Waals surface area (Å²) in [5.74, 6) is 1.20. The molecule has 0 bridgehead atoms. The Morgan fingerprint density at radius 3 is 1.63 bits per heavy atom. The molecule has 0 saturated carbocycles. The van der Waals surface area contributed by atoms with Gasteiger partial charge in [0.05, 0.1) is 6.26 Å². The van der Waals surface area contributed by atoms with Crippen molar-refractivity contribution in [2.45, 2.75) is 0 Å². The van der Waals surface area contributed by atoms with Crippen LogP contribution in [0, 0.1) is 0 Å². The lowest BCUT2D eigenvalue weighted by Gasteiger charge is -2.21. The summed E-state index contributed by atoms with van der Waals surface area (Å²) in [7, 11) is 0. The van der Waals surface area contributed by atoms with Crippen molar-refractivity contribution >= 4 is 18.5 Å². The average Bonchev–Trinajstić information content (AvgIpc) is 2.41. The van der Waals surface area contributed by atoms with Crippen molar-refractivity contribution in [3.63, 3.8) is 0 Å². The Kier molecular flexibility index (Phi) is 4.61. The lowest BCUT2D eigenvalue weighted by atomic mass is 10.3. The standard InChI is InChI=1S/C14H13O3PS/c1-2-15-18(19,16-13-9-5-3-6-10-13)17-14-11-7-4-8-12-14/h2-12H,1H2. The molecule has 0 aromatic heterocycles. The summed E-state index contributed by atoms with van der Waals surface area (Å²) in [6.07, 6.45) is 1.24. The number of benzene rings is 2. The highest BCUT2D eigenvalue weighted by Gasteiger charge is 2.24. The van der Waals surface area contributed by atoms with E-state index in [9.17, 15) is 0 Å². The van der Waals surface area contributed by atoms with E-state index in [1.165, 1.54) is 6.26 Å². The van der Waals surface area contributed by atoms with Crippen LogP contribution in [-0.2, 0) is 16.3 Å². The van der Waals surface area contributed by atoms with Gasteiger partial charge in [0.25, 0.3) is 0 Å². The second-order valence-electron chi connectivity index (χ2n) is 3.53. The lowest BCUT2D eigenvalue weighted by molar-refractivity contribution is 0.352. The Bertz CT molecular complexity index is 526. The normalized spacial score (nSPS) is 10.5.